The van der Waals surface area contributed by atoms with E-state index in [1.165, 1.54) is 12.0 Å². The number of nitrogens with zero attached hydrogens (tertiary/aromatic N) is 1. The Morgan fingerprint density at radius 3 is 2.88 bits per heavy atom. The maximum atomic E-state index is 6.30. The molecule has 0 radical (unpaired) electrons. The molecular formula is C13H18BrClN2. The van der Waals surface area contributed by atoms with Gasteiger partial charge in [0.1, 0.15) is 0 Å². The first kappa shape index (κ1) is 13.3. The molecule has 1 aromatic carbocycles. The molecule has 1 heterocycles. The molecular weight excluding hydrogens is 300 g/mol. The van der Waals surface area contributed by atoms with E-state index in [4.69, 9.17) is 11.6 Å². The van der Waals surface area contributed by atoms with Crippen LogP contribution in [-0.4, -0.2) is 31.1 Å². The number of likely N-dealkylation sites (N-methyl/N-ethyl adjacent to an activating group) is 1. The zero-order valence-corrected chi connectivity index (χ0v) is 12.6. The molecule has 1 aromatic rings. The highest BCUT2D eigenvalue weighted by Gasteiger charge is 2.26. The van der Waals surface area contributed by atoms with Gasteiger partial charge in [-0.3, -0.25) is 4.90 Å². The van der Waals surface area contributed by atoms with Gasteiger partial charge >= 0.3 is 0 Å². The van der Waals surface area contributed by atoms with Crippen molar-refractivity contribution < 1.29 is 0 Å². The quantitative estimate of drug-likeness (QED) is 0.918. The lowest BCUT2D eigenvalue weighted by atomic mass is 10.1. The summed E-state index contributed by atoms with van der Waals surface area (Å²) in [4.78, 5) is 2.48. The van der Waals surface area contributed by atoms with Crippen molar-refractivity contribution in [3.8, 4) is 0 Å². The Labute approximate surface area is 116 Å². The molecule has 0 aliphatic carbocycles. The fraction of sp³-hybridized carbons (Fsp3) is 0.538. The van der Waals surface area contributed by atoms with Gasteiger partial charge in [0.15, 0.2) is 0 Å². The highest BCUT2D eigenvalue weighted by molar-refractivity contribution is 9.10. The van der Waals surface area contributed by atoms with Crippen molar-refractivity contribution in [1.82, 2.24) is 10.2 Å². The molecule has 0 spiro atoms. The molecule has 2 atom stereocenters. The Morgan fingerprint density at radius 2 is 2.29 bits per heavy atom. The first-order valence-corrected chi connectivity index (χ1v) is 7.15. The van der Waals surface area contributed by atoms with Crippen LogP contribution in [0.5, 0.6) is 0 Å². The minimum absolute atomic E-state index is 0.383. The van der Waals surface area contributed by atoms with E-state index in [0.29, 0.717) is 12.1 Å². The van der Waals surface area contributed by atoms with Gasteiger partial charge in [0.25, 0.3) is 0 Å². The normalized spacial score (nSPS) is 22.9. The van der Waals surface area contributed by atoms with Gasteiger partial charge in [0.05, 0.1) is 0 Å². The third-order valence-electron chi connectivity index (χ3n) is 3.59. The van der Waals surface area contributed by atoms with Crippen LogP contribution in [0.15, 0.2) is 22.7 Å². The van der Waals surface area contributed by atoms with Gasteiger partial charge in [0.2, 0.25) is 0 Å². The number of likely N-dealkylation sites (tertiary alicyclic amines) is 1. The summed E-state index contributed by atoms with van der Waals surface area (Å²) in [6.07, 6.45) is 1.22. The molecule has 1 N–H and O–H groups in total. The topological polar surface area (TPSA) is 15.3 Å². The van der Waals surface area contributed by atoms with Crippen molar-refractivity contribution >= 4 is 27.5 Å². The number of nitrogens with one attached hydrogen (secondary N) is 1. The first-order chi connectivity index (χ1) is 8.11. The van der Waals surface area contributed by atoms with Gasteiger partial charge in [-0.1, -0.05) is 33.6 Å². The van der Waals surface area contributed by atoms with E-state index >= 15 is 0 Å². The zero-order valence-electron chi connectivity index (χ0n) is 10.2. The minimum Gasteiger partial charge on any atom is -0.316 e. The SMILES string of the molecule is CNC1CCN(C(C)c2ccc(Br)cc2Cl)C1. The van der Waals surface area contributed by atoms with Crippen LogP contribution in [0.3, 0.4) is 0 Å². The Morgan fingerprint density at radius 1 is 1.53 bits per heavy atom. The molecule has 1 saturated heterocycles. The maximum absolute atomic E-state index is 6.30. The van der Waals surface area contributed by atoms with Crippen LogP contribution in [0.25, 0.3) is 0 Å². The monoisotopic (exact) mass is 316 g/mol. The summed E-state index contributed by atoms with van der Waals surface area (Å²) in [7, 11) is 2.03. The van der Waals surface area contributed by atoms with Gasteiger partial charge in [-0.05, 0) is 38.1 Å². The van der Waals surface area contributed by atoms with Crippen LogP contribution >= 0.6 is 27.5 Å². The first-order valence-electron chi connectivity index (χ1n) is 5.98. The summed E-state index contributed by atoms with van der Waals surface area (Å²) in [5.41, 5.74) is 1.21. The molecule has 0 amide bonds. The van der Waals surface area contributed by atoms with Crippen LogP contribution < -0.4 is 5.32 Å². The summed E-state index contributed by atoms with van der Waals surface area (Å²) in [5, 5.41) is 4.19. The fourth-order valence-electron chi connectivity index (χ4n) is 2.41. The van der Waals surface area contributed by atoms with Crippen LogP contribution in [0.4, 0.5) is 0 Å². The lowest BCUT2D eigenvalue weighted by Gasteiger charge is -2.25. The average molecular weight is 318 g/mol. The minimum atomic E-state index is 0.383. The van der Waals surface area contributed by atoms with E-state index in [0.717, 1.165) is 22.6 Å². The Kier molecular flexibility index (Phi) is 4.47. The van der Waals surface area contributed by atoms with Crippen LogP contribution in [0.2, 0.25) is 5.02 Å². The number of hydrogen-bond donors (Lipinski definition) is 1. The third-order valence-corrected chi connectivity index (χ3v) is 4.41. The highest BCUT2D eigenvalue weighted by Crippen LogP contribution is 2.31. The lowest BCUT2D eigenvalue weighted by Crippen LogP contribution is -2.31. The molecule has 4 heteroatoms. The van der Waals surface area contributed by atoms with E-state index in [1.807, 2.05) is 13.1 Å². The van der Waals surface area contributed by atoms with E-state index in [-0.39, 0.29) is 0 Å². The van der Waals surface area contributed by atoms with Crippen molar-refractivity contribution in [1.29, 1.82) is 0 Å². The van der Waals surface area contributed by atoms with Gasteiger partial charge in [0, 0.05) is 34.7 Å². The summed E-state index contributed by atoms with van der Waals surface area (Å²) < 4.78 is 1.04. The van der Waals surface area contributed by atoms with Crippen molar-refractivity contribution in [2.24, 2.45) is 0 Å². The van der Waals surface area contributed by atoms with Gasteiger partial charge in [-0.15, -0.1) is 0 Å². The molecule has 2 nitrogen and oxygen atoms in total. The maximum Gasteiger partial charge on any atom is 0.0464 e. The van der Waals surface area contributed by atoms with Gasteiger partial charge < -0.3 is 5.32 Å². The van der Waals surface area contributed by atoms with Crippen molar-refractivity contribution in [2.75, 3.05) is 20.1 Å². The highest BCUT2D eigenvalue weighted by atomic mass is 79.9. The van der Waals surface area contributed by atoms with Crippen molar-refractivity contribution in [2.45, 2.75) is 25.4 Å². The number of hydrogen-bond acceptors (Lipinski definition) is 2. The summed E-state index contributed by atoms with van der Waals surface area (Å²) in [6.45, 7) is 4.47. The van der Waals surface area contributed by atoms with Crippen molar-refractivity contribution in [3.05, 3.63) is 33.3 Å². The molecule has 2 unspecified atom stereocenters. The predicted molar refractivity (Wildman–Crippen MR) is 76.6 cm³/mol. The predicted octanol–water partition coefficient (Wildman–Crippen LogP) is 3.46. The molecule has 0 bridgehead atoms. The third kappa shape index (κ3) is 3.02. The van der Waals surface area contributed by atoms with Crippen molar-refractivity contribution in [3.63, 3.8) is 0 Å². The molecule has 0 saturated carbocycles. The summed E-state index contributed by atoms with van der Waals surface area (Å²) >= 11 is 9.74. The lowest BCUT2D eigenvalue weighted by molar-refractivity contribution is 0.257. The van der Waals surface area contributed by atoms with E-state index in [2.05, 4.69) is 45.2 Å². The van der Waals surface area contributed by atoms with Crippen LogP contribution in [-0.2, 0) is 0 Å². The van der Waals surface area contributed by atoms with Gasteiger partial charge in [-0.2, -0.15) is 0 Å². The second-order valence-electron chi connectivity index (χ2n) is 4.61. The Hall–Kier alpha value is -0.0900. The molecule has 17 heavy (non-hydrogen) atoms. The smallest absolute Gasteiger partial charge is 0.0464 e. The molecule has 1 aliphatic rings. The largest absolute Gasteiger partial charge is 0.316 e. The zero-order chi connectivity index (χ0) is 12.4. The Bertz CT molecular complexity index is 397. The number of rotatable bonds is 3. The van der Waals surface area contributed by atoms with Crippen LogP contribution in [0.1, 0.15) is 24.9 Å². The molecule has 1 fully saturated rings. The molecule has 1 aliphatic heterocycles. The molecule has 2 rings (SSSR count). The molecule has 94 valence electrons. The second-order valence-corrected chi connectivity index (χ2v) is 5.93. The summed E-state index contributed by atoms with van der Waals surface area (Å²) in [5.74, 6) is 0. The van der Waals surface area contributed by atoms with Crippen LogP contribution in [0, 0.1) is 0 Å². The van der Waals surface area contributed by atoms with E-state index in [9.17, 15) is 0 Å². The number of halogens is 2. The van der Waals surface area contributed by atoms with E-state index < -0.39 is 0 Å². The standard InChI is InChI=1S/C13H18BrClN2/c1-9(17-6-5-11(8-17)16-2)12-4-3-10(14)7-13(12)15/h3-4,7,9,11,16H,5-6,8H2,1-2H3. The average Bonchev–Trinajstić information content (AvgIpc) is 2.76. The number of benzene rings is 1. The molecule has 0 aromatic heterocycles. The second kappa shape index (κ2) is 5.70. The van der Waals surface area contributed by atoms with E-state index in [1.54, 1.807) is 0 Å². The summed E-state index contributed by atoms with van der Waals surface area (Å²) in [6, 6.07) is 7.15. The Balaban J connectivity index is 2.12. The fourth-order valence-corrected chi connectivity index (χ4v) is 3.24. The van der Waals surface area contributed by atoms with Gasteiger partial charge in [-0.25, -0.2) is 0 Å².